The van der Waals surface area contributed by atoms with Crippen LogP contribution in [0.15, 0.2) is 47.3 Å². The molecule has 3 aromatic rings. The van der Waals surface area contributed by atoms with E-state index in [1.54, 1.807) is 0 Å². The second-order valence-corrected chi connectivity index (χ2v) is 5.27. The van der Waals surface area contributed by atoms with Crippen LogP contribution in [0.1, 0.15) is 12.5 Å². The van der Waals surface area contributed by atoms with E-state index in [9.17, 15) is 0 Å². The third kappa shape index (κ3) is 2.08. The molecule has 18 heavy (non-hydrogen) atoms. The van der Waals surface area contributed by atoms with Gasteiger partial charge in [0, 0.05) is 39.9 Å². The van der Waals surface area contributed by atoms with Crippen LogP contribution in [0.2, 0.25) is 0 Å². The van der Waals surface area contributed by atoms with Gasteiger partial charge in [-0.15, -0.1) is 0 Å². The summed E-state index contributed by atoms with van der Waals surface area (Å²) in [5, 5.41) is 5.56. The minimum absolute atomic E-state index is 0.866. The highest BCUT2D eigenvalue weighted by Crippen LogP contribution is 2.21. The summed E-state index contributed by atoms with van der Waals surface area (Å²) in [5.41, 5.74) is 2.49. The van der Waals surface area contributed by atoms with Gasteiger partial charge >= 0.3 is 0 Å². The predicted molar refractivity (Wildman–Crippen MR) is 76.6 cm³/mol. The highest BCUT2D eigenvalue weighted by atomic mass is 79.9. The van der Waals surface area contributed by atoms with Crippen LogP contribution in [0, 0.1) is 0 Å². The fourth-order valence-corrected chi connectivity index (χ4v) is 2.55. The van der Waals surface area contributed by atoms with Gasteiger partial charge in [-0.1, -0.05) is 15.9 Å². The van der Waals surface area contributed by atoms with Crippen LogP contribution in [0.25, 0.3) is 10.9 Å². The van der Waals surface area contributed by atoms with Gasteiger partial charge < -0.3 is 4.57 Å². The van der Waals surface area contributed by atoms with Crippen molar-refractivity contribution in [1.82, 2.24) is 14.3 Å². The van der Waals surface area contributed by atoms with Crippen LogP contribution in [0.3, 0.4) is 0 Å². The van der Waals surface area contributed by atoms with E-state index < -0.39 is 0 Å². The molecule has 0 saturated carbocycles. The predicted octanol–water partition coefficient (Wildman–Crippen LogP) is 3.67. The van der Waals surface area contributed by atoms with Gasteiger partial charge in [-0.25, -0.2) is 0 Å². The van der Waals surface area contributed by atoms with Crippen molar-refractivity contribution in [3.63, 3.8) is 0 Å². The van der Waals surface area contributed by atoms with E-state index in [4.69, 9.17) is 0 Å². The molecule has 2 heterocycles. The Morgan fingerprint density at radius 2 is 2.17 bits per heavy atom. The minimum Gasteiger partial charge on any atom is -0.343 e. The average molecular weight is 304 g/mol. The van der Waals surface area contributed by atoms with Gasteiger partial charge in [-0.2, -0.15) is 5.10 Å². The summed E-state index contributed by atoms with van der Waals surface area (Å²) < 4.78 is 5.32. The molecule has 0 unspecified atom stereocenters. The lowest BCUT2D eigenvalue weighted by atomic mass is 10.2. The zero-order valence-electron chi connectivity index (χ0n) is 10.2. The molecule has 0 bridgehead atoms. The summed E-state index contributed by atoms with van der Waals surface area (Å²) >= 11 is 3.50. The molecule has 0 atom stereocenters. The van der Waals surface area contributed by atoms with E-state index in [0.29, 0.717) is 0 Å². The smallest absolute Gasteiger partial charge is 0.0539 e. The van der Waals surface area contributed by atoms with Crippen molar-refractivity contribution in [3.8, 4) is 0 Å². The SMILES string of the molecule is CCn1cc(Cn2ccc3cc(Br)ccc32)cn1. The second kappa shape index (κ2) is 4.61. The lowest BCUT2D eigenvalue weighted by Crippen LogP contribution is -1.97. The molecular formula is C14H14BrN3. The Bertz CT molecular complexity index is 681. The van der Waals surface area contributed by atoms with E-state index in [0.717, 1.165) is 17.6 Å². The van der Waals surface area contributed by atoms with Crippen LogP contribution in [0.4, 0.5) is 0 Å². The topological polar surface area (TPSA) is 22.8 Å². The first kappa shape index (κ1) is 11.5. The molecule has 0 amide bonds. The van der Waals surface area contributed by atoms with Gasteiger partial charge in [-0.05, 0) is 31.2 Å². The molecule has 92 valence electrons. The van der Waals surface area contributed by atoms with E-state index in [1.165, 1.54) is 16.5 Å². The molecule has 1 aromatic carbocycles. The molecule has 0 fully saturated rings. The normalized spacial score (nSPS) is 11.2. The van der Waals surface area contributed by atoms with Crippen molar-refractivity contribution in [2.24, 2.45) is 0 Å². The van der Waals surface area contributed by atoms with Crippen molar-refractivity contribution in [2.45, 2.75) is 20.0 Å². The van der Waals surface area contributed by atoms with Crippen LogP contribution in [-0.2, 0) is 13.1 Å². The largest absolute Gasteiger partial charge is 0.343 e. The van der Waals surface area contributed by atoms with Crippen molar-refractivity contribution in [3.05, 3.63) is 52.9 Å². The van der Waals surface area contributed by atoms with Crippen LogP contribution in [-0.4, -0.2) is 14.3 Å². The Labute approximate surface area is 114 Å². The number of fused-ring (bicyclic) bond motifs is 1. The average Bonchev–Trinajstić information content (AvgIpc) is 2.97. The first-order valence-corrected chi connectivity index (χ1v) is 6.81. The maximum Gasteiger partial charge on any atom is 0.0539 e. The first-order valence-electron chi connectivity index (χ1n) is 6.02. The molecule has 0 aliphatic rings. The fraction of sp³-hybridized carbons (Fsp3) is 0.214. The molecular weight excluding hydrogens is 290 g/mol. The summed E-state index contributed by atoms with van der Waals surface area (Å²) in [6.07, 6.45) is 6.17. The number of hydrogen-bond donors (Lipinski definition) is 0. The molecule has 3 rings (SSSR count). The van der Waals surface area contributed by atoms with E-state index in [-0.39, 0.29) is 0 Å². The Morgan fingerprint density at radius 3 is 2.94 bits per heavy atom. The van der Waals surface area contributed by atoms with E-state index in [2.05, 4.69) is 69.2 Å². The highest BCUT2D eigenvalue weighted by molar-refractivity contribution is 9.10. The zero-order chi connectivity index (χ0) is 12.5. The van der Waals surface area contributed by atoms with Gasteiger partial charge in [0.25, 0.3) is 0 Å². The Morgan fingerprint density at radius 1 is 1.28 bits per heavy atom. The number of benzene rings is 1. The molecule has 0 radical (unpaired) electrons. The molecule has 2 aromatic heterocycles. The third-order valence-electron chi connectivity index (χ3n) is 3.10. The lowest BCUT2D eigenvalue weighted by Gasteiger charge is -2.03. The van der Waals surface area contributed by atoms with Gasteiger partial charge in [0.2, 0.25) is 0 Å². The third-order valence-corrected chi connectivity index (χ3v) is 3.59. The summed E-state index contributed by atoms with van der Waals surface area (Å²) in [7, 11) is 0. The van der Waals surface area contributed by atoms with Crippen molar-refractivity contribution in [1.29, 1.82) is 0 Å². The Hall–Kier alpha value is -1.55. The van der Waals surface area contributed by atoms with E-state index in [1.807, 2.05) is 10.9 Å². The van der Waals surface area contributed by atoms with Gasteiger partial charge in [0.05, 0.1) is 12.7 Å². The fourth-order valence-electron chi connectivity index (χ4n) is 2.17. The van der Waals surface area contributed by atoms with Crippen molar-refractivity contribution < 1.29 is 0 Å². The van der Waals surface area contributed by atoms with Crippen LogP contribution in [0.5, 0.6) is 0 Å². The highest BCUT2D eigenvalue weighted by Gasteiger charge is 2.03. The number of nitrogens with zero attached hydrogens (tertiary/aromatic N) is 3. The number of aryl methyl sites for hydroxylation is 1. The minimum atomic E-state index is 0.866. The standard InChI is InChI=1S/C14H14BrN3/c1-2-18-10-11(8-16-18)9-17-6-5-12-7-13(15)3-4-14(12)17/h3-8,10H,2,9H2,1H3. The van der Waals surface area contributed by atoms with Gasteiger partial charge in [-0.3, -0.25) is 4.68 Å². The monoisotopic (exact) mass is 303 g/mol. The molecule has 0 aliphatic heterocycles. The summed E-state index contributed by atoms with van der Waals surface area (Å²) in [6, 6.07) is 8.50. The van der Waals surface area contributed by atoms with Crippen molar-refractivity contribution >= 4 is 26.8 Å². The number of aromatic nitrogens is 3. The summed E-state index contributed by atoms with van der Waals surface area (Å²) in [5.74, 6) is 0. The first-order chi connectivity index (χ1) is 8.76. The molecule has 0 saturated heterocycles. The lowest BCUT2D eigenvalue weighted by molar-refractivity contribution is 0.658. The molecule has 0 aliphatic carbocycles. The van der Waals surface area contributed by atoms with Crippen molar-refractivity contribution in [2.75, 3.05) is 0 Å². The zero-order valence-corrected chi connectivity index (χ0v) is 11.8. The molecule has 4 heteroatoms. The molecule has 0 spiro atoms. The molecule has 3 nitrogen and oxygen atoms in total. The van der Waals surface area contributed by atoms with Gasteiger partial charge in [0.15, 0.2) is 0 Å². The van der Waals surface area contributed by atoms with E-state index >= 15 is 0 Å². The van der Waals surface area contributed by atoms with Crippen LogP contribution < -0.4 is 0 Å². The van der Waals surface area contributed by atoms with Gasteiger partial charge in [0.1, 0.15) is 0 Å². The summed E-state index contributed by atoms with van der Waals surface area (Å²) in [6.45, 7) is 3.88. The Kier molecular flexibility index (Phi) is 2.96. The quantitative estimate of drug-likeness (QED) is 0.724. The van der Waals surface area contributed by atoms with Crippen LogP contribution >= 0.6 is 15.9 Å². The molecule has 0 N–H and O–H groups in total. The Balaban J connectivity index is 1.95. The number of rotatable bonds is 3. The second-order valence-electron chi connectivity index (χ2n) is 4.35. The maximum absolute atomic E-state index is 4.31. The summed E-state index contributed by atoms with van der Waals surface area (Å²) in [4.78, 5) is 0. The maximum atomic E-state index is 4.31. The number of halogens is 1. The number of hydrogen-bond acceptors (Lipinski definition) is 1.